The van der Waals surface area contributed by atoms with Crippen molar-refractivity contribution >= 4 is 76.6 Å². The fraction of sp³-hybridized carbons (Fsp3) is 0.853. The number of fused-ring (bicyclic) bond motifs is 4. The van der Waals surface area contributed by atoms with E-state index < -0.39 is 69.9 Å². The minimum atomic E-state index is -1.68. The lowest BCUT2D eigenvalue weighted by Gasteiger charge is -2.40. The van der Waals surface area contributed by atoms with E-state index >= 15 is 0 Å². The zero-order chi connectivity index (χ0) is 40.8. The SMILES string of the molecule is COC(=O)[C@@]12CO[C@@H](C(C)(C)C)N1C(=O)[C@@H](CCO)[C@@]2(C)O.COC(=O)[C@@]12CO[C@@H](C(C)(C)C)N1C(=O)[C@H]1CC(=O)O[C@]12C.CPC.[B]C.[B]CI. The van der Waals surface area contributed by atoms with Crippen LogP contribution in [0.25, 0.3) is 0 Å². The first-order valence-electron chi connectivity index (χ1n) is 17.0. The van der Waals surface area contributed by atoms with Crippen molar-refractivity contribution in [3.8, 4) is 0 Å². The maximum absolute atomic E-state index is 12.9. The molecular weight excluding hydrogens is 808 g/mol. The monoisotopic (exact) mass is 866 g/mol. The summed E-state index contributed by atoms with van der Waals surface area (Å²) in [7, 11) is 12.9. The average molecular weight is 866 g/mol. The maximum Gasteiger partial charge on any atom is 0.338 e. The minimum Gasteiger partial charge on any atom is -0.467 e. The number of carbonyl (C=O) groups is 5. The molecule has 8 atom stereocenters. The van der Waals surface area contributed by atoms with Crippen LogP contribution < -0.4 is 0 Å². The third-order valence-electron chi connectivity index (χ3n) is 9.91. The molecule has 0 spiro atoms. The van der Waals surface area contributed by atoms with Crippen molar-refractivity contribution in [3.05, 3.63) is 0 Å². The predicted molar refractivity (Wildman–Crippen MR) is 206 cm³/mol. The number of aliphatic hydroxyl groups is 2. The number of ether oxygens (including phenoxy) is 5. The number of aliphatic hydroxyl groups excluding tert-OH is 1. The second-order valence-corrected chi connectivity index (χ2v) is 17.3. The first kappa shape index (κ1) is 48.5. The van der Waals surface area contributed by atoms with Gasteiger partial charge in [-0.1, -0.05) is 71.0 Å². The summed E-state index contributed by atoms with van der Waals surface area (Å²) in [6, 6.07) is 0. The summed E-state index contributed by atoms with van der Waals surface area (Å²) < 4.78 is 27.5. The van der Waals surface area contributed by atoms with E-state index in [1.165, 1.54) is 37.8 Å². The van der Waals surface area contributed by atoms with Gasteiger partial charge in [-0.3, -0.25) is 24.2 Å². The quantitative estimate of drug-likeness (QED) is 0.105. The van der Waals surface area contributed by atoms with Gasteiger partial charge in [0.2, 0.25) is 17.4 Å². The standard InChI is InChI=1S/C15H21NO6.C15H25NO6.C2H7P.CH2BI.CH3B/c1-13(2,3)11-16-10(18)8-6-9(17)22-14(8,4)15(16,7-21-11)12(19)20-5;1-13(2,3)11-16-10(18)9(6-7-17)14(4,20)15(16,8-22-11)12(19)21-5;1-3-2;2-1-3;1-2/h8,11H,6-7H2,1-5H3;9,11,17,20H,6-8H2,1-5H3;3H,1-2H3;1H2;1H3/t8-,11+,14-,15-;9-,11+,14-,15-;;;/m11.../s1. The minimum absolute atomic E-state index is 0.0125. The van der Waals surface area contributed by atoms with E-state index in [1.54, 1.807) is 6.92 Å². The van der Waals surface area contributed by atoms with Gasteiger partial charge in [0.25, 0.3) is 0 Å². The normalized spacial score (nSPS) is 34.1. The number of carbonyl (C=O) groups excluding carboxylic acids is 5. The first-order valence-corrected chi connectivity index (χ1v) is 20.5. The third kappa shape index (κ3) is 8.06. The summed E-state index contributed by atoms with van der Waals surface area (Å²) in [6.07, 6.45) is -1.14. The molecule has 2 amide bonds. The molecule has 0 saturated carbocycles. The highest BCUT2D eigenvalue weighted by Crippen LogP contribution is 2.57. The molecule has 14 nitrogen and oxygen atoms in total. The van der Waals surface area contributed by atoms with Crippen LogP contribution in [0.1, 0.15) is 68.2 Å². The molecule has 5 rings (SSSR count). The van der Waals surface area contributed by atoms with E-state index in [1.807, 2.05) is 41.5 Å². The largest absolute Gasteiger partial charge is 0.467 e. The molecule has 5 aliphatic rings. The van der Waals surface area contributed by atoms with E-state index in [4.69, 9.17) is 31.5 Å². The Morgan fingerprint density at radius 3 is 1.67 bits per heavy atom. The summed E-state index contributed by atoms with van der Waals surface area (Å²) >= 11 is 2.07. The van der Waals surface area contributed by atoms with Crippen molar-refractivity contribution in [1.82, 2.24) is 9.80 Å². The molecule has 4 radical (unpaired) electrons. The van der Waals surface area contributed by atoms with Crippen LogP contribution in [0.5, 0.6) is 0 Å². The van der Waals surface area contributed by atoms with Crippen LogP contribution in [0.4, 0.5) is 0 Å². The summed E-state index contributed by atoms with van der Waals surface area (Å²) in [6.45, 7) is 19.9. The van der Waals surface area contributed by atoms with Crippen LogP contribution in [0.2, 0.25) is 6.82 Å². The zero-order valence-corrected chi connectivity index (χ0v) is 36.1. The Hall–Kier alpha value is -1.52. The van der Waals surface area contributed by atoms with Gasteiger partial charge >= 0.3 is 17.9 Å². The van der Waals surface area contributed by atoms with Crippen molar-refractivity contribution < 1.29 is 57.9 Å². The van der Waals surface area contributed by atoms with Crippen molar-refractivity contribution in [3.63, 3.8) is 0 Å². The highest BCUT2D eigenvalue weighted by molar-refractivity contribution is 14.1. The molecular formula is C34H58B2IN2O12P. The number of alkyl halides is 1. The van der Waals surface area contributed by atoms with Crippen LogP contribution in [-0.4, -0.2) is 152 Å². The molecule has 0 aromatic heterocycles. The number of halogens is 1. The van der Waals surface area contributed by atoms with Gasteiger partial charge in [0, 0.05) is 17.4 Å². The van der Waals surface area contributed by atoms with Gasteiger partial charge in [0.1, 0.15) is 18.1 Å². The van der Waals surface area contributed by atoms with E-state index in [-0.39, 0.29) is 49.9 Å². The van der Waals surface area contributed by atoms with Gasteiger partial charge in [-0.15, -0.1) is 8.58 Å². The molecule has 52 heavy (non-hydrogen) atoms. The molecule has 0 aliphatic carbocycles. The van der Waals surface area contributed by atoms with Crippen molar-refractivity contribution in [2.24, 2.45) is 22.7 Å². The van der Waals surface area contributed by atoms with Crippen LogP contribution in [0, 0.1) is 22.7 Å². The number of esters is 3. The Balaban J connectivity index is 0.000000434. The van der Waals surface area contributed by atoms with Gasteiger partial charge < -0.3 is 33.9 Å². The lowest BCUT2D eigenvalue weighted by Crippen LogP contribution is -2.64. The number of hydrogen-bond donors (Lipinski definition) is 2. The molecule has 5 aliphatic heterocycles. The van der Waals surface area contributed by atoms with Gasteiger partial charge in [0.15, 0.2) is 11.1 Å². The zero-order valence-electron chi connectivity index (χ0n) is 33.0. The molecule has 0 aromatic carbocycles. The number of amides is 2. The Morgan fingerprint density at radius 1 is 0.904 bits per heavy atom. The van der Waals surface area contributed by atoms with Crippen LogP contribution in [-0.2, 0) is 47.7 Å². The number of nitrogens with zero attached hydrogens (tertiary/aromatic N) is 2. The molecule has 5 fully saturated rings. The molecule has 5 heterocycles. The second-order valence-electron chi connectivity index (χ2n) is 15.4. The lowest BCUT2D eigenvalue weighted by molar-refractivity contribution is -0.175. The highest BCUT2D eigenvalue weighted by Gasteiger charge is 2.80. The molecule has 18 heteroatoms. The van der Waals surface area contributed by atoms with E-state index in [0.717, 1.165) is 12.9 Å². The number of hydrogen-bond acceptors (Lipinski definition) is 12. The van der Waals surface area contributed by atoms with Crippen molar-refractivity contribution in [1.29, 1.82) is 0 Å². The van der Waals surface area contributed by atoms with E-state index in [9.17, 15) is 34.2 Å². The van der Waals surface area contributed by atoms with Gasteiger partial charge in [0.05, 0.1) is 61.4 Å². The highest BCUT2D eigenvalue weighted by atomic mass is 127. The van der Waals surface area contributed by atoms with Crippen LogP contribution >= 0.6 is 31.2 Å². The first-order chi connectivity index (χ1) is 24.0. The molecule has 2 N–H and O–H groups in total. The summed E-state index contributed by atoms with van der Waals surface area (Å²) in [5.41, 5.74) is -6.74. The third-order valence-corrected chi connectivity index (χ3v) is 9.91. The lowest BCUT2D eigenvalue weighted by atomic mass is 9.75. The molecule has 0 unspecified atom stereocenters. The van der Waals surface area contributed by atoms with Crippen LogP contribution in [0.3, 0.4) is 0 Å². The maximum atomic E-state index is 12.9. The summed E-state index contributed by atoms with van der Waals surface area (Å²) in [5, 5.41) is 20.2. The van der Waals surface area contributed by atoms with Gasteiger partial charge in [-0.05, 0) is 37.9 Å². The second kappa shape index (κ2) is 18.4. The Bertz CT molecular complexity index is 1300. The van der Waals surface area contributed by atoms with Gasteiger partial charge in [-0.25, -0.2) is 9.59 Å². The Kier molecular flexibility index (Phi) is 17.2. The fourth-order valence-corrected chi connectivity index (χ4v) is 7.61. The summed E-state index contributed by atoms with van der Waals surface area (Å²) in [4.78, 5) is 65.4. The molecule has 294 valence electrons. The topological polar surface area (TPSA) is 178 Å². The molecule has 0 bridgehead atoms. The Labute approximate surface area is 327 Å². The number of methoxy groups -OCH3 is 2. The fourth-order valence-electron chi connectivity index (χ4n) is 7.61. The molecule has 0 aromatic rings. The van der Waals surface area contributed by atoms with Crippen molar-refractivity contribution in [2.45, 2.75) is 110 Å². The van der Waals surface area contributed by atoms with E-state index in [2.05, 4.69) is 43.8 Å². The van der Waals surface area contributed by atoms with Gasteiger partial charge in [-0.2, -0.15) is 0 Å². The van der Waals surface area contributed by atoms with Crippen molar-refractivity contribution in [2.75, 3.05) is 51.7 Å². The van der Waals surface area contributed by atoms with Crippen LogP contribution in [0.15, 0.2) is 0 Å². The smallest absolute Gasteiger partial charge is 0.338 e. The average Bonchev–Trinajstić information content (AvgIpc) is 3.82. The summed E-state index contributed by atoms with van der Waals surface area (Å²) in [5.74, 6) is -3.98. The number of rotatable bonds is 4. The molecule has 5 saturated heterocycles. The predicted octanol–water partition coefficient (Wildman–Crippen LogP) is 2.03. The Morgan fingerprint density at radius 2 is 1.29 bits per heavy atom. The van der Waals surface area contributed by atoms with E-state index in [0.29, 0.717) is 0 Å².